The molecule has 1 aromatic heterocycles. The Morgan fingerprint density at radius 2 is 1.67 bits per heavy atom. The zero-order chi connectivity index (χ0) is 5.82. The molecule has 50 valence electrons. The van der Waals surface area contributed by atoms with Gasteiger partial charge in [0.2, 0.25) is 6.73 Å². The highest BCUT2D eigenvalue weighted by atomic mass is 127. The lowest BCUT2D eigenvalue weighted by Crippen LogP contribution is -3.00. The van der Waals surface area contributed by atoms with Gasteiger partial charge in [-0.05, 0) is 0 Å². The molecular formula is C6H8INO. The number of nitrogens with zero attached hydrogens (tertiary/aromatic N) is 1. The summed E-state index contributed by atoms with van der Waals surface area (Å²) in [6, 6.07) is 5.65. The van der Waals surface area contributed by atoms with E-state index < -0.39 is 0 Å². The fourth-order valence-electron chi connectivity index (χ4n) is 0.529. The lowest BCUT2D eigenvalue weighted by Gasteiger charge is -1.84. The van der Waals surface area contributed by atoms with Crippen molar-refractivity contribution < 1.29 is 33.7 Å². The van der Waals surface area contributed by atoms with Crippen LogP contribution < -0.4 is 28.5 Å². The van der Waals surface area contributed by atoms with Crippen LogP contribution in [0.3, 0.4) is 0 Å². The summed E-state index contributed by atoms with van der Waals surface area (Å²) in [6.07, 6.45) is 3.61. The molecule has 0 atom stereocenters. The summed E-state index contributed by atoms with van der Waals surface area (Å²) < 4.78 is 1.68. The zero-order valence-electron chi connectivity index (χ0n) is 4.87. The minimum Gasteiger partial charge on any atom is -1.00 e. The fourth-order valence-corrected chi connectivity index (χ4v) is 0.529. The molecule has 3 heteroatoms. The SMILES string of the molecule is OC[n+]1ccccc1.[I-]. The van der Waals surface area contributed by atoms with E-state index in [2.05, 4.69) is 0 Å². The Balaban J connectivity index is 0.000000640. The molecule has 0 saturated carbocycles. The van der Waals surface area contributed by atoms with Crippen molar-refractivity contribution in [1.29, 1.82) is 0 Å². The van der Waals surface area contributed by atoms with Gasteiger partial charge in [-0.25, -0.2) is 0 Å². The highest BCUT2D eigenvalue weighted by Crippen LogP contribution is 1.73. The Labute approximate surface area is 71.2 Å². The van der Waals surface area contributed by atoms with Crippen LogP contribution in [0.5, 0.6) is 0 Å². The van der Waals surface area contributed by atoms with Crippen molar-refractivity contribution in [2.75, 3.05) is 0 Å². The van der Waals surface area contributed by atoms with Crippen molar-refractivity contribution in [3.05, 3.63) is 30.6 Å². The number of halogens is 1. The molecule has 0 aliphatic rings. The number of hydrogen-bond acceptors (Lipinski definition) is 1. The average molecular weight is 237 g/mol. The van der Waals surface area contributed by atoms with Gasteiger partial charge in [0.1, 0.15) is 0 Å². The Bertz CT molecular complexity index is 154. The topological polar surface area (TPSA) is 24.1 Å². The second kappa shape index (κ2) is 4.69. The first kappa shape index (κ1) is 8.84. The van der Waals surface area contributed by atoms with Gasteiger partial charge in [-0.2, -0.15) is 4.57 Å². The summed E-state index contributed by atoms with van der Waals surface area (Å²) in [4.78, 5) is 0. The molecular weight excluding hydrogens is 229 g/mol. The standard InChI is InChI=1S/C6H8NO.HI/c8-6-7-4-2-1-3-5-7;/h1-5,8H,6H2;1H/q+1;/p-1. The second-order valence-corrected chi connectivity index (χ2v) is 1.53. The third-order valence-corrected chi connectivity index (χ3v) is 0.941. The van der Waals surface area contributed by atoms with Crippen LogP contribution in [0.1, 0.15) is 0 Å². The molecule has 2 nitrogen and oxygen atoms in total. The van der Waals surface area contributed by atoms with Crippen molar-refractivity contribution in [1.82, 2.24) is 0 Å². The first-order valence-corrected chi connectivity index (χ1v) is 2.48. The number of pyridine rings is 1. The molecule has 1 aromatic rings. The number of aliphatic hydroxyl groups excluding tert-OH is 1. The molecule has 0 amide bonds. The van der Waals surface area contributed by atoms with E-state index in [9.17, 15) is 0 Å². The van der Waals surface area contributed by atoms with E-state index >= 15 is 0 Å². The van der Waals surface area contributed by atoms with E-state index in [1.807, 2.05) is 18.2 Å². The quantitative estimate of drug-likeness (QED) is 0.406. The maximum absolute atomic E-state index is 8.50. The van der Waals surface area contributed by atoms with Crippen molar-refractivity contribution in [3.8, 4) is 0 Å². The Kier molecular flexibility index (Phi) is 4.61. The van der Waals surface area contributed by atoms with Crippen LogP contribution in [0.15, 0.2) is 30.6 Å². The number of aromatic nitrogens is 1. The van der Waals surface area contributed by atoms with Gasteiger partial charge in [0.05, 0.1) is 0 Å². The summed E-state index contributed by atoms with van der Waals surface area (Å²) >= 11 is 0. The van der Waals surface area contributed by atoms with E-state index in [0.717, 1.165) is 0 Å². The smallest absolute Gasteiger partial charge is 0.250 e. The van der Waals surface area contributed by atoms with Crippen LogP contribution >= 0.6 is 0 Å². The van der Waals surface area contributed by atoms with Gasteiger partial charge in [0, 0.05) is 12.1 Å². The molecule has 0 aromatic carbocycles. The van der Waals surface area contributed by atoms with Gasteiger partial charge in [0.15, 0.2) is 12.4 Å². The maximum Gasteiger partial charge on any atom is 0.250 e. The molecule has 0 aliphatic heterocycles. The van der Waals surface area contributed by atoms with Crippen LogP contribution in [0.4, 0.5) is 0 Å². The molecule has 1 N–H and O–H groups in total. The third kappa shape index (κ3) is 2.76. The number of rotatable bonds is 1. The van der Waals surface area contributed by atoms with Crippen LogP contribution in [0.25, 0.3) is 0 Å². The van der Waals surface area contributed by atoms with E-state index in [1.54, 1.807) is 17.0 Å². The summed E-state index contributed by atoms with van der Waals surface area (Å²) in [6.45, 7) is 0.0564. The summed E-state index contributed by atoms with van der Waals surface area (Å²) in [7, 11) is 0. The van der Waals surface area contributed by atoms with Gasteiger partial charge in [-0.15, -0.1) is 0 Å². The fraction of sp³-hybridized carbons (Fsp3) is 0.167. The van der Waals surface area contributed by atoms with Crippen LogP contribution in [0.2, 0.25) is 0 Å². The van der Waals surface area contributed by atoms with Crippen molar-refractivity contribution in [2.45, 2.75) is 6.73 Å². The van der Waals surface area contributed by atoms with Crippen LogP contribution in [-0.4, -0.2) is 5.11 Å². The first-order chi connectivity index (χ1) is 3.93. The van der Waals surface area contributed by atoms with Gasteiger partial charge in [-0.3, -0.25) is 0 Å². The Hall–Kier alpha value is -0.160. The van der Waals surface area contributed by atoms with E-state index in [1.165, 1.54) is 0 Å². The molecule has 0 fully saturated rings. The zero-order valence-corrected chi connectivity index (χ0v) is 7.02. The molecule has 0 radical (unpaired) electrons. The van der Waals surface area contributed by atoms with Crippen LogP contribution in [-0.2, 0) is 6.73 Å². The van der Waals surface area contributed by atoms with Gasteiger partial charge >= 0.3 is 0 Å². The maximum atomic E-state index is 8.50. The highest BCUT2D eigenvalue weighted by Gasteiger charge is 1.87. The lowest BCUT2D eigenvalue weighted by atomic mass is 10.5. The lowest BCUT2D eigenvalue weighted by molar-refractivity contribution is -0.729. The minimum absolute atomic E-state index is 0. The van der Waals surface area contributed by atoms with Crippen LogP contribution in [0, 0.1) is 0 Å². The monoisotopic (exact) mass is 237 g/mol. The van der Waals surface area contributed by atoms with Crippen molar-refractivity contribution in [3.63, 3.8) is 0 Å². The molecule has 0 unspecified atom stereocenters. The van der Waals surface area contributed by atoms with E-state index in [4.69, 9.17) is 5.11 Å². The number of aliphatic hydroxyl groups is 1. The highest BCUT2D eigenvalue weighted by molar-refractivity contribution is 4.83. The first-order valence-electron chi connectivity index (χ1n) is 2.48. The summed E-state index contributed by atoms with van der Waals surface area (Å²) in [5, 5.41) is 8.50. The van der Waals surface area contributed by atoms with E-state index in [-0.39, 0.29) is 30.7 Å². The van der Waals surface area contributed by atoms with Crippen molar-refractivity contribution in [2.24, 2.45) is 0 Å². The minimum atomic E-state index is 0. The number of hydrogen-bond donors (Lipinski definition) is 1. The van der Waals surface area contributed by atoms with E-state index in [0.29, 0.717) is 0 Å². The molecule has 0 bridgehead atoms. The summed E-state index contributed by atoms with van der Waals surface area (Å²) in [5.74, 6) is 0. The average Bonchev–Trinajstić information content (AvgIpc) is 1.90. The molecule has 9 heavy (non-hydrogen) atoms. The molecule has 1 rings (SSSR count). The van der Waals surface area contributed by atoms with Gasteiger partial charge in [0.25, 0.3) is 0 Å². The normalized spacial score (nSPS) is 8.11. The summed E-state index contributed by atoms with van der Waals surface area (Å²) in [5.41, 5.74) is 0. The predicted octanol–water partition coefficient (Wildman–Crippen LogP) is -3.07. The van der Waals surface area contributed by atoms with Gasteiger partial charge < -0.3 is 29.1 Å². The second-order valence-electron chi connectivity index (χ2n) is 1.53. The molecule has 0 aliphatic carbocycles. The predicted molar refractivity (Wildman–Crippen MR) is 28.9 cm³/mol. The third-order valence-electron chi connectivity index (χ3n) is 0.941. The van der Waals surface area contributed by atoms with Gasteiger partial charge in [-0.1, -0.05) is 6.07 Å². The molecule has 1 heterocycles. The Morgan fingerprint density at radius 1 is 1.11 bits per heavy atom. The molecule has 0 saturated heterocycles. The largest absolute Gasteiger partial charge is 1.00 e. The molecule has 0 spiro atoms. The van der Waals surface area contributed by atoms with Crippen molar-refractivity contribution >= 4 is 0 Å². The Morgan fingerprint density at radius 3 is 2.00 bits per heavy atom.